The lowest BCUT2D eigenvalue weighted by atomic mass is 9.74. The van der Waals surface area contributed by atoms with Gasteiger partial charge in [0.15, 0.2) is 0 Å². The third-order valence-electron chi connectivity index (χ3n) is 8.91. The minimum Gasteiger partial charge on any atom is -0.457 e. The zero-order valence-corrected chi connectivity index (χ0v) is 27.0. The molecule has 9 nitrogen and oxygen atoms in total. The predicted octanol–water partition coefficient (Wildman–Crippen LogP) is 7.78. The Morgan fingerprint density at radius 1 is 0.490 bits per heavy atom. The first kappa shape index (κ1) is 32.7. The molecule has 1 radical (unpaired) electrons. The number of fused-ring (bicyclic) bond motifs is 2. The summed E-state index contributed by atoms with van der Waals surface area (Å²) in [5.41, 5.74) is 2.06. The van der Waals surface area contributed by atoms with Crippen molar-refractivity contribution in [1.82, 2.24) is 0 Å². The molecule has 0 saturated heterocycles. The standard InChI is InChI=1S/C42H19N8O/c1-42(2)34-5-3-4-6-36(34)51-37-8-7-26(15-35(37)42)38-32(22-49)13-27(14-33(38)23-50)41(39-28(18-45)9-24(16-43)10-29(39)19-46)40-30(20-47)11-25(17-44)12-31(40)21-48/h3-15H,1-2H3. The monoisotopic (exact) mass is 651 g/mol. The highest BCUT2D eigenvalue weighted by Gasteiger charge is 2.35. The van der Waals surface area contributed by atoms with Gasteiger partial charge in [-0.15, -0.1) is 0 Å². The number of hydrogen-bond acceptors (Lipinski definition) is 9. The van der Waals surface area contributed by atoms with Crippen molar-refractivity contribution in [3.8, 4) is 71.2 Å². The van der Waals surface area contributed by atoms with E-state index in [9.17, 15) is 42.1 Å². The summed E-state index contributed by atoms with van der Waals surface area (Å²) in [5, 5.41) is 81.5. The van der Waals surface area contributed by atoms with Gasteiger partial charge in [-0.2, -0.15) is 42.1 Å². The molecule has 0 N–H and O–H groups in total. The molecule has 0 aliphatic carbocycles. The number of hydrogen-bond donors (Lipinski definition) is 0. The summed E-state index contributed by atoms with van der Waals surface area (Å²) < 4.78 is 6.21. The Bertz CT molecular complexity index is 2500. The quantitative estimate of drug-likeness (QED) is 0.174. The van der Waals surface area contributed by atoms with Gasteiger partial charge in [-0.3, -0.25) is 0 Å². The summed E-state index contributed by atoms with van der Waals surface area (Å²) in [7, 11) is 0. The Balaban J connectivity index is 1.67. The number of nitrogens with zero attached hydrogens (tertiary/aromatic N) is 8. The SMILES string of the molecule is CC1(C)c2ccccc2Oc2ccc(-c3c(C#N)cc([C](c4c(C#N)cc(C#N)cc4C#N)c4c(C#N)cc(C#N)cc4C#N)cc3C#N)cc21. The Labute approximate surface area is 293 Å². The minimum absolute atomic E-state index is 0.0106. The fraction of sp³-hybridized carbons (Fsp3) is 0.0714. The van der Waals surface area contributed by atoms with Crippen LogP contribution >= 0.6 is 0 Å². The fourth-order valence-electron chi connectivity index (χ4n) is 6.59. The molecule has 0 fully saturated rings. The summed E-state index contributed by atoms with van der Waals surface area (Å²) in [6, 6.07) is 37.5. The van der Waals surface area contributed by atoms with Gasteiger partial charge in [-0.05, 0) is 65.7 Å². The first-order valence-corrected chi connectivity index (χ1v) is 15.2. The van der Waals surface area contributed by atoms with Crippen molar-refractivity contribution in [3.05, 3.63) is 157 Å². The largest absolute Gasteiger partial charge is 0.457 e. The van der Waals surface area contributed by atoms with Crippen LogP contribution in [0.1, 0.15) is 86.2 Å². The van der Waals surface area contributed by atoms with Gasteiger partial charge in [0.1, 0.15) is 11.5 Å². The lowest BCUT2D eigenvalue weighted by molar-refractivity contribution is 0.418. The molecule has 51 heavy (non-hydrogen) atoms. The van der Waals surface area contributed by atoms with Crippen LogP contribution in [0.15, 0.2) is 78.9 Å². The maximum absolute atomic E-state index is 10.6. The third kappa shape index (κ3) is 5.30. The molecule has 0 atom stereocenters. The van der Waals surface area contributed by atoms with Gasteiger partial charge in [-0.1, -0.05) is 38.1 Å². The van der Waals surface area contributed by atoms with Crippen LogP contribution in [0.5, 0.6) is 11.5 Å². The van der Waals surface area contributed by atoms with E-state index in [1.807, 2.05) is 66.7 Å². The highest BCUT2D eigenvalue weighted by atomic mass is 16.5. The van der Waals surface area contributed by atoms with E-state index >= 15 is 0 Å². The molecule has 0 unspecified atom stereocenters. The van der Waals surface area contributed by atoms with Crippen molar-refractivity contribution in [3.63, 3.8) is 0 Å². The minimum atomic E-state index is -0.491. The van der Waals surface area contributed by atoms with Gasteiger partial charge < -0.3 is 4.74 Å². The second-order valence-corrected chi connectivity index (χ2v) is 12.0. The van der Waals surface area contributed by atoms with Gasteiger partial charge in [0, 0.05) is 33.2 Å². The third-order valence-corrected chi connectivity index (χ3v) is 8.91. The Kier molecular flexibility index (Phi) is 8.21. The maximum atomic E-state index is 10.6. The lowest BCUT2D eigenvalue weighted by Gasteiger charge is -2.34. The van der Waals surface area contributed by atoms with Crippen LogP contribution in [-0.4, -0.2) is 0 Å². The van der Waals surface area contributed by atoms with Crippen molar-refractivity contribution in [2.45, 2.75) is 19.3 Å². The average Bonchev–Trinajstić information content (AvgIpc) is 3.17. The van der Waals surface area contributed by atoms with Crippen LogP contribution in [0.4, 0.5) is 0 Å². The zero-order chi connectivity index (χ0) is 36.4. The second kappa shape index (κ2) is 12.8. The van der Waals surface area contributed by atoms with Crippen LogP contribution in [0, 0.1) is 96.6 Å². The Morgan fingerprint density at radius 2 is 0.941 bits per heavy atom. The summed E-state index contributed by atoms with van der Waals surface area (Å²) in [6.07, 6.45) is 0. The smallest absolute Gasteiger partial charge is 0.131 e. The summed E-state index contributed by atoms with van der Waals surface area (Å²) in [5.74, 6) is 1.40. The van der Waals surface area contributed by atoms with Crippen molar-refractivity contribution in [2.24, 2.45) is 0 Å². The van der Waals surface area contributed by atoms with Crippen LogP contribution < -0.4 is 4.74 Å². The van der Waals surface area contributed by atoms with Gasteiger partial charge >= 0.3 is 0 Å². The average molecular weight is 652 g/mol. The number of nitriles is 8. The van der Waals surface area contributed by atoms with Gasteiger partial charge in [0.25, 0.3) is 0 Å². The van der Waals surface area contributed by atoms with Gasteiger partial charge in [0.2, 0.25) is 0 Å². The first-order valence-electron chi connectivity index (χ1n) is 15.2. The number of ether oxygens (including phenoxy) is 1. The molecule has 5 aromatic rings. The van der Waals surface area contributed by atoms with E-state index in [0.29, 0.717) is 16.9 Å². The highest BCUT2D eigenvalue weighted by molar-refractivity contribution is 5.82. The van der Waals surface area contributed by atoms with Crippen LogP contribution in [-0.2, 0) is 5.41 Å². The van der Waals surface area contributed by atoms with Crippen molar-refractivity contribution < 1.29 is 4.74 Å². The Hall–Kier alpha value is -8.18. The molecule has 1 aliphatic rings. The normalized spacial score (nSPS) is 11.7. The summed E-state index contributed by atoms with van der Waals surface area (Å²) in [6.45, 7) is 4.12. The molecular formula is C42H19N8O. The molecule has 5 aromatic carbocycles. The molecule has 0 saturated carbocycles. The van der Waals surface area contributed by atoms with E-state index in [4.69, 9.17) is 4.74 Å². The zero-order valence-electron chi connectivity index (χ0n) is 27.0. The van der Waals surface area contributed by atoms with E-state index < -0.39 is 5.41 Å². The Morgan fingerprint density at radius 3 is 1.39 bits per heavy atom. The number of rotatable bonds is 4. The van der Waals surface area contributed by atoms with Gasteiger partial charge in [0.05, 0.1) is 99.0 Å². The summed E-state index contributed by atoms with van der Waals surface area (Å²) in [4.78, 5) is 0. The van der Waals surface area contributed by atoms with Crippen LogP contribution in [0.3, 0.4) is 0 Å². The van der Waals surface area contributed by atoms with Crippen molar-refractivity contribution in [2.75, 3.05) is 0 Å². The molecule has 233 valence electrons. The van der Waals surface area contributed by atoms with Gasteiger partial charge in [-0.25, -0.2) is 0 Å². The van der Waals surface area contributed by atoms with Crippen molar-refractivity contribution >= 4 is 0 Å². The van der Waals surface area contributed by atoms with E-state index in [-0.39, 0.29) is 67.1 Å². The molecule has 0 amide bonds. The maximum Gasteiger partial charge on any atom is 0.131 e. The molecule has 0 spiro atoms. The molecule has 0 bridgehead atoms. The van der Waals surface area contributed by atoms with Crippen molar-refractivity contribution in [1.29, 1.82) is 42.1 Å². The molecule has 1 aliphatic heterocycles. The molecule has 9 heteroatoms. The molecular weight excluding hydrogens is 633 g/mol. The summed E-state index contributed by atoms with van der Waals surface area (Å²) >= 11 is 0. The second-order valence-electron chi connectivity index (χ2n) is 12.0. The van der Waals surface area contributed by atoms with E-state index in [0.717, 1.165) is 16.9 Å². The first-order chi connectivity index (χ1) is 24.7. The van der Waals surface area contributed by atoms with Crippen LogP contribution in [0.25, 0.3) is 11.1 Å². The molecule has 1 heterocycles. The fourth-order valence-corrected chi connectivity index (χ4v) is 6.59. The number of para-hydroxylation sites is 1. The van der Waals surface area contributed by atoms with E-state index in [1.54, 1.807) is 12.1 Å². The number of benzene rings is 5. The van der Waals surface area contributed by atoms with E-state index in [1.165, 1.54) is 36.4 Å². The van der Waals surface area contributed by atoms with E-state index in [2.05, 4.69) is 26.0 Å². The molecule has 6 rings (SSSR count). The topological polar surface area (TPSA) is 200 Å². The lowest BCUT2D eigenvalue weighted by Crippen LogP contribution is -2.24. The van der Waals surface area contributed by atoms with Crippen LogP contribution in [0.2, 0.25) is 0 Å². The predicted molar refractivity (Wildman–Crippen MR) is 182 cm³/mol. The highest BCUT2D eigenvalue weighted by Crippen LogP contribution is 2.49. The molecule has 0 aromatic heterocycles.